The van der Waals surface area contributed by atoms with E-state index in [-0.39, 0.29) is 15.8 Å². The number of sulfonamides is 1. The third-order valence-corrected chi connectivity index (χ3v) is 6.79. The van der Waals surface area contributed by atoms with Crippen LogP contribution in [0.15, 0.2) is 16.3 Å². The summed E-state index contributed by atoms with van der Waals surface area (Å²) in [4.78, 5) is 13.3. The Balaban J connectivity index is 2.15. The van der Waals surface area contributed by atoms with Gasteiger partial charge < -0.3 is 5.11 Å². The van der Waals surface area contributed by atoms with Gasteiger partial charge in [0.25, 0.3) is 0 Å². The zero-order valence-electron chi connectivity index (χ0n) is 12.2. The molecule has 1 fully saturated rings. The second-order valence-corrected chi connectivity index (χ2v) is 7.83. The van der Waals surface area contributed by atoms with Crippen LogP contribution in [0, 0.1) is 0 Å². The number of likely N-dealkylation sites (N-methyl/N-ethyl adjacent to an activating group) is 1. The average Bonchev–Trinajstić information content (AvgIpc) is 3.10. The molecule has 21 heavy (non-hydrogen) atoms. The summed E-state index contributed by atoms with van der Waals surface area (Å²) < 4.78 is 26.5. The molecule has 0 aliphatic carbocycles. The minimum atomic E-state index is -3.58. The van der Waals surface area contributed by atoms with Gasteiger partial charge in [0.1, 0.15) is 4.88 Å². The molecule has 0 saturated carbocycles. The van der Waals surface area contributed by atoms with Crippen molar-refractivity contribution in [3.8, 4) is 0 Å². The summed E-state index contributed by atoms with van der Waals surface area (Å²) in [6.07, 6.45) is 0.816. The number of carboxylic acid groups (broad SMARTS) is 1. The van der Waals surface area contributed by atoms with E-state index in [1.54, 1.807) is 0 Å². The van der Waals surface area contributed by atoms with Crippen molar-refractivity contribution in [2.45, 2.75) is 31.2 Å². The lowest BCUT2D eigenvalue weighted by atomic mass is 10.2. The molecule has 1 aromatic rings. The molecular formula is C13H20N2O4S2. The standard InChI is InChI=1S/C13H20N2O4S2/c1-3-14(4-2)10-5-6-15(8-10)21(18,19)11-7-12(13(16)17)20-9-11/h7,9-10H,3-6,8H2,1-2H3,(H,16,17)/t10-/m0/s1. The van der Waals surface area contributed by atoms with Crippen molar-refractivity contribution in [1.29, 1.82) is 0 Å². The van der Waals surface area contributed by atoms with Crippen LogP contribution in [0.3, 0.4) is 0 Å². The first kappa shape index (κ1) is 16.4. The second-order valence-electron chi connectivity index (χ2n) is 4.98. The first-order valence-electron chi connectivity index (χ1n) is 6.96. The van der Waals surface area contributed by atoms with E-state index in [2.05, 4.69) is 18.7 Å². The van der Waals surface area contributed by atoms with Gasteiger partial charge in [-0.05, 0) is 25.6 Å². The van der Waals surface area contributed by atoms with Crippen LogP contribution in [0.2, 0.25) is 0 Å². The predicted molar refractivity (Wildman–Crippen MR) is 81.4 cm³/mol. The fraction of sp³-hybridized carbons (Fsp3) is 0.615. The van der Waals surface area contributed by atoms with Crippen molar-refractivity contribution in [2.24, 2.45) is 0 Å². The van der Waals surface area contributed by atoms with Crippen molar-refractivity contribution in [3.63, 3.8) is 0 Å². The van der Waals surface area contributed by atoms with Gasteiger partial charge in [-0.3, -0.25) is 4.90 Å². The van der Waals surface area contributed by atoms with Gasteiger partial charge in [0.2, 0.25) is 10.0 Å². The number of thiophene rings is 1. The van der Waals surface area contributed by atoms with Gasteiger partial charge in [-0.25, -0.2) is 13.2 Å². The van der Waals surface area contributed by atoms with Gasteiger partial charge in [-0.15, -0.1) is 11.3 Å². The van der Waals surface area contributed by atoms with Crippen molar-refractivity contribution in [3.05, 3.63) is 16.3 Å². The third-order valence-electron chi connectivity index (χ3n) is 3.88. The molecule has 0 bridgehead atoms. The Bertz CT molecular complexity index is 607. The minimum Gasteiger partial charge on any atom is -0.477 e. The monoisotopic (exact) mass is 332 g/mol. The summed E-state index contributed by atoms with van der Waals surface area (Å²) >= 11 is 0.944. The maximum Gasteiger partial charge on any atom is 0.345 e. The minimum absolute atomic E-state index is 0.0491. The van der Waals surface area contributed by atoms with Gasteiger partial charge in [-0.2, -0.15) is 4.31 Å². The lowest BCUT2D eigenvalue weighted by Crippen LogP contribution is -2.38. The molecule has 0 radical (unpaired) electrons. The van der Waals surface area contributed by atoms with Crippen LogP contribution >= 0.6 is 11.3 Å². The average molecular weight is 332 g/mol. The number of rotatable bonds is 6. The van der Waals surface area contributed by atoms with Crippen molar-refractivity contribution in [2.75, 3.05) is 26.2 Å². The van der Waals surface area contributed by atoms with Crippen LogP contribution in [0.1, 0.15) is 29.9 Å². The largest absolute Gasteiger partial charge is 0.477 e. The summed E-state index contributed by atoms with van der Waals surface area (Å²) in [6, 6.07) is 1.49. The number of carbonyl (C=O) groups is 1. The Labute approximate surface area is 129 Å². The van der Waals surface area contributed by atoms with Gasteiger partial charge >= 0.3 is 5.97 Å². The number of nitrogens with zero attached hydrogens (tertiary/aromatic N) is 2. The molecular weight excluding hydrogens is 312 g/mol. The topological polar surface area (TPSA) is 77.9 Å². The zero-order chi connectivity index (χ0) is 15.6. The highest BCUT2D eigenvalue weighted by atomic mass is 32.2. The van der Waals surface area contributed by atoms with Gasteiger partial charge in [-0.1, -0.05) is 13.8 Å². The van der Waals surface area contributed by atoms with Crippen LogP contribution in [0.25, 0.3) is 0 Å². The van der Waals surface area contributed by atoms with Gasteiger partial charge in [0, 0.05) is 24.5 Å². The summed E-state index contributed by atoms with van der Waals surface area (Å²) in [5.74, 6) is -1.09. The molecule has 1 N–H and O–H groups in total. The molecule has 8 heteroatoms. The number of carboxylic acids is 1. The number of aromatic carboxylic acids is 1. The Kier molecular flexibility index (Phi) is 5.03. The van der Waals surface area contributed by atoms with E-state index < -0.39 is 16.0 Å². The van der Waals surface area contributed by atoms with E-state index in [0.717, 1.165) is 30.8 Å². The lowest BCUT2D eigenvalue weighted by Gasteiger charge is -2.25. The zero-order valence-corrected chi connectivity index (χ0v) is 13.8. The predicted octanol–water partition coefficient (Wildman–Crippen LogP) is 1.55. The van der Waals surface area contributed by atoms with E-state index in [0.29, 0.717) is 13.1 Å². The van der Waals surface area contributed by atoms with Crippen LogP contribution in [0.4, 0.5) is 0 Å². The number of hydrogen-bond donors (Lipinski definition) is 1. The lowest BCUT2D eigenvalue weighted by molar-refractivity contribution is 0.0702. The SMILES string of the molecule is CCN(CC)[C@H]1CCN(S(=O)(=O)c2csc(C(=O)O)c2)C1. The van der Waals surface area contributed by atoms with Crippen LogP contribution < -0.4 is 0 Å². The summed E-state index contributed by atoms with van der Waals surface area (Å²) in [5.41, 5.74) is 0. The van der Waals surface area contributed by atoms with Crippen molar-refractivity contribution < 1.29 is 18.3 Å². The molecule has 118 valence electrons. The van der Waals surface area contributed by atoms with Crippen LogP contribution in [-0.2, 0) is 10.0 Å². The van der Waals surface area contributed by atoms with E-state index >= 15 is 0 Å². The van der Waals surface area contributed by atoms with Crippen LogP contribution in [-0.4, -0.2) is 60.9 Å². The third kappa shape index (κ3) is 3.28. The van der Waals surface area contributed by atoms with E-state index in [1.807, 2.05) is 0 Å². The quantitative estimate of drug-likeness (QED) is 0.855. The molecule has 1 atom stereocenters. The molecule has 1 aromatic heterocycles. The van der Waals surface area contributed by atoms with Gasteiger partial charge in [0.05, 0.1) is 4.90 Å². The van der Waals surface area contributed by atoms with E-state index in [9.17, 15) is 13.2 Å². The van der Waals surface area contributed by atoms with Crippen molar-refractivity contribution >= 4 is 27.3 Å². The molecule has 0 spiro atoms. The first-order valence-corrected chi connectivity index (χ1v) is 9.28. The maximum absolute atomic E-state index is 12.5. The second kappa shape index (κ2) is 6.43. The van der Waals surface area contributed by atoms with Crippen LogP contribution in [0.5, 0.6) is 0 Å². The Morgan fingerprint density at radius 1 is 1.48 bits per heavy atom. The Hall–Kier alpha value is -0.960. The molecule has 1 aliphatic rings. The molecule has 2 rings (SSSR count). The van der Waals surface area contributed by atoms with E-state index in [4.69, 9.17) is 5.11 Å². The van der Waals surface area contributed by atoms with E-state index in [1.165, 1.54) is 15.8 Å². The molecule has 6 nitrogen and oxygen atoms in total. The molecule has 0 aromatic carbocycles. The highest BCUT2D eigenvalue weighted by Gasteiger charge is 2.35. The Morgan fingerprint density at radius 2 is 2.14 bits per heavy atom. The normalized spacial score (nSPS) is 20.2. The number of hydrogen-bond acceptors (Lipinski definition) is 5. The Morgan fingerprint density at radius 3 is 2.67 bits per heavy atom. The molecule has 1 aliphatic heterocycles. The van der Waals surface area contributed by atoms with Crippen molar-refractivity contribution in [1.82, 2.24) is 9.21 Å². The fourth-order valence-electron chi connectivity index (χ4n) is 2.68. The molecule has 1 saturated heterocycles. The summed E-state index contributed by atoms with van der Waals surface area (Å²) in [6.45, 7) is 6.90. The molecule has 0 unspecified atom stereocenters. The highest BCUT2D eigenvalue weighted by molar-refractivity contribution is 7.89. The molecule has 2 heterocycles. The molecule has 0 amide bonds. The smallest absolute Gasteiger partial charge is 0.345 e. The van der Waals surface area contributed by atoms with Gasteiger partial charge in [0.15, 0.2) is 0 Å². The summed E-state index contributed by atoms with van der Waals surface area (Å²) in [5, 5.41) is 10.3. The first-order chi connectivity index (χ1) is 9.90. The summed E-state index contributed by atoms with van der Waals surface area (Å²) in [7, 11) is -3.58. The fourth-order valence-corrected chi connectivity index (χ4v) is 5.27. The highest BCUT2D eigenvalue weighted by Crippen LogP contribution is 2.26. The maximum atomic E-state index is 12.5.